The smallest absolute Gasteiger partial charge is 0.269 e. The van der Waals surface area contributed by atoms with Crippen molar-refractivity contribution in [2.45, 2.75) is 70.5 Å². The molecule has 1 aliphatic rings. The van der Waals surface area contributed by atoms with Crippen LogP contribution >= 0.6 is 0 Å². The molecule has 1 N–H and O–H groups in total. The first-order valence-corrected chi connectivity index (χ1v) is 13.3. The van der Waals surface area contributed by atoms with Crippen molar-refractivity contribution in [1.82, 2.24) is 14.5 Å². The van der Waals surface area contributed by atoms with Crippen LogP contribution in [-0.4, -0.2) is 54.0 Å². The van der Waals surface area contributed by atoms with Gasteiger partial charge in [0, 0.05) is 25.6 Å². The minimum absolute atomic E-state index is 0.00239. The summed E-state index contributed by atoms with van der Waals surface area (Å²) in [5, 5.41) is 2.92. The predicted octanol–water partition coefficient (Wildman–Crippen LogP) is 3.25. The van der Waals surface area contributed by atoms with Crippen LogP contribution < -0.4 is 5.32 Å². The predicted molar refractivity (Wildman–Crippen MR) is 133 cm³/mol. The number of nitrogens with one attached hydrogen (secondary N) is 1. The fourth-order valence-corrected chi connectivity index (χ4v) is 5.63. The van der Waals surface area contributed by atoms with E-state index in [9.17, 15) is 22.8 Å². The van der Waals surface area contributed by atoms with E-state index in [-0.39, 0.29) is 54.2 Å². The summed E-state index contributed by atoms with van der Waals surface area (Å²) in [4.78, 5) is 40.2. The molecule has 0 unspecified atom stereocenters. The molecule has 0 saturated heterocycles. The number of benzene rings is 2. The fourth-order valence-electron chi connectivity index (χ4n) is 4.03. The molecule has 0 aromatic heterocycles. The van der Waals surface area contributed by atoms with Gasteiger partial charge in [-0.25, -0.2) is 12.7 Å². The molecule has 2 aromatic rings. The highest BCUT2D eigenvalue weighted by Gasteiger charge is 2.40. The summed E-state index contributed by atoms with van der Waals surface area (Å²) in [6.07, 6.45) is 0.926. The summed E-state index contributed by atoms with van der Waals surface area (Å²) >= 11 is 0. The van der Waals surface area contributed by atoms with E-state index in [1.807, 2.05) is 45.0 Å². The average molecular weight is 500 g/mol. The molecular weight excluding hydrogens is 466 g/mol. The number of amides is 3. The molecule has 0 saturated carbocycles. The van der Waals surface area contributed by atoms with Gasteiger partial charge in [0.05, 0.1) is 5.56 Å². The first-order chi connectivity index (χ1) is 16.6. The molecular formula is C26H33N3O5S. The zero-order valence-corrected chi connectivity index (χ0v) is 21.5. The first-order valence-electron chi connectivity index (χ1n) is 11.9. The van der Waals surface area contributed by atoms with Gasteiger partial charge in [0.1, 0.15) is 10.9 Å². The molecule has 0 bridgehead atoms. The molecule has 1 heterocycles. The first kappa shape index (κ1) is 26.4. The number of fused-ring (bicyclic) bond motifs is 1. The quantitative estimate of drug-likeness (QED) is 0.540. The zero-order chi connectivity index (χ0) is 25.8. The summed E-state index contributed by atoms with van der Waals surface area (Å²) in [5.74, 6) is -1.10. The molecule has 8 nitrogen and oxygen atoms in total. The van der Waals surface area contributed by atoms with E-state index in [1.54, 1.807) is 19.1 Å². The van der Waals surface area contributed by atoms with E-state index < -0.39 is 22.0 Å². The van der Waals surface area contributed by atoms with E-state index in [0.29, 0.717) is 0 Å². The SMILES string of the molecule is CC[C@@H](C)NC(=O)[C@H](C)N(Cc1cccc(C)c1)C(=O)CCCN1C(=O)c2ccccc2S1(=O)=O. The van der Waals surface area contributed by atoms with Crippen LogP contribution in [0, 0.1) is 6.92 Å². The van der Waals surface area contributed by atoms with Gasteiger partial charge in [-0.15, -0.1) is 0 Å². The average Bonchev–Trinajstić information content (AvgIpc) is 3.02. The fraction of sp³-hybridized carbons (Fsp3) is 0.423. The Morgan fingerprint density at radius 2 is 1.80 bits per heavy atom. The lowest BCUT2D eigenvalue weighted by Gasteiger charge is -2.30. The minimum Gasteiger partial charge on any atom is -0.352 e. The summed E-state index contributed by atoms with van der Waals surface area (Å²) in [6.45, 7) is 7.67. The highest BCUT2D eigenvalue weighted by molar-refractivity contribution is 7.90. The van der Waals surface area contributed by atoms with Gasteiger partial charge < -0.3 is 10.2 Å². The van der Waals surface area contributed by atoms with Gasteiger partial charge in [-0.1, -0.05) is 48.9 Å². The van der Waals surface area contributed by atoms with Crippen molar-refractivity contribution in [3.8, 4) is 0 Å². The molecule has 2 aromatic carbocycles. The van der Waals surface area contributed by atoms with Gasteiger partial charge in [0.2, 0.25) is 11.8 Å². The number of nitrogens with zero attached hydrogens (tertiary/aromatic N) is 2. The standard InChI is InChI=1S/C26H33N3O5S/c1-5-19(3)27-25(31)20(4)28(17-21-11-8-10-18(2)16-21)24(30)14-9-15-29-26(32)22-12-6-7-13-23(22)35(29,33)34/h6-8,10-13,16,19-20H,5,9,14-15,17H2,1-4H3,(H,27,31)/t19-,20+/m1/s1. The van der Waals surface area contributed by atoms with Crippen molar-refractivity contribution in [3.05, 3.63) is 65.2 Å². The number of rotatable bonds is 10. The maximum Gasteiger partial charge on any atom is 0.269 e. The summed E-state index contributed by atoms with van der Waals surface area (Å²) in [5.41, 5.74) is 2.09. The Kier molecular flexibility index (Phi) is 8.32. The molecule has 3 amide bonds. The number of hydrogen-bond acceptors (Lipinski definition) is 5. The Labute approximate surface area is 207 Å². The highest BCUT2D eigenvalue weighted by Crippen LogP contribution is 2.30. The molecule has 0 fully saturated rings. The second-order valence-electron chi connectivity index (χ2n) is 8.99. The molecule has 0 spiro atoms. The van der Waals surface area contributed by atoms with Crippen LogP contribution in [0.4, 0.5) is 0 Å². The van der Waals surface area contributed by atoms with E-state index in [2.05, 4.69) is 5.32 Å². The van der Waals surface area contributed by atoms with Crippen LogP contribution in [0.15, 0.2) is 53.4 Å². The normalized spacial score (nSPS) is 15.9. The second-order valence-corrected chi connectivity index (χ2v) is 10.8. The van der Waals surface area contributed by atoms with Crippen molar-refractivity contribution < 1.29 is 22.8 Å². The van der Waals surface area contributed by atoms with Crippen LogP contribution in [0.2, 0.25) is 0 Å². The van der Waals surface area contributed by atoms with E-state index >= 15 is 0 Å². The Morgan fingerprint density at radius 1 is 1.09 bits per heavy atom. The highest BCUT2D eigenvalue weighted by atomic mass is 32.2. The van der Waals surface area contributed by atoms with Crippen molar-refractivity contribution in [1.29, 1.82) is 0 Å². The van der Waals surface area contributed by atoms with E-state index in [0.717, 1.165) is 21.9 Å². The van der Waals surface area contributed by atoms with Gasteiger partial charge in [-0.2, -0.15) is 0 Å². The third-order valence-corrected chi connectivity index (χ3v) is 8.11. The zero-order valence-electron chi connectivity index (χ0n) is 20.7. The molecule has 0 aliphatic carbocycles. The van der Waals surface area contributed by atoms with Crippen molar-refractivity contribution in [2.24, 2.45) is 0 Å². The van der Waals surface area contributed by atoms with Gasteiger partial charge in [-0.3, -0.25) is 14.4 Å². The third kappa shape index (κ3) is 5.90. The van der Waals surface area contributed by atoms with E-state index in [1.165, 1.54) is 17.0 Å². The lowest BCUT2D eigenvalue weighted by Crippen LogP contribution is -2.49. The Morgan fingerprint density at radius 3 is 2.46 bits per heavy atom. The number of hydrogen-bond donors (Lipinski definition) is 1. The molecule has 3 rings (SSSR count). The van der Waals surface area contributed by atoms with Crippen LogP contribution in [0.25, 0.3) is 0 Å². The molecule has 35 heavy (non-hydrogen) atoms. The van der Waals surface area contributed by atoms with E-state index in [4.69, 9.17) is 0 Å². The summed E-state index contributed by atoms with van der Waals surface area (Å²) < 4.78 is 26.4. The topological polar surface area (TPSA) is 104 Å². The van der Waals surface area contributed by atoms with Gasteiger partial charge in [-0.05, 0) is 51.3 Å². The maximum atomic E-state index is 13.3. The molecule has 2 atom stereocenters. The largest absolute Gasteiger partial charge is 0.352 e. The number of carbonyl (C=O) groups excluding carboxylic acids is 3. The molecule has 188 valence electrons. The molecule has 9 heteroatoms. The van der Waals surface area contributed by atoms with Crippen LogP contribution in [0.3, 0.4) is 0 Å². The van der Waals surface area contributed by atoms with Crippen molar-refractivity contribution in [3.63, 3.8) is 0 Å². The number of aryl methyl sites for hydroxylation is 1. The Bertz CT molecular complexity index is 1210. The molecule has 1 aliphatic heterocycles. The summed E-state index contributed by atoms with van der Waals surface area (Å²) in [6, 6.07) is 13.1. The van der Waals surface area contributed by atoms with Crippen molar-refractivity contribution >= 4 is 27.7 Å². The second kappa shape index (κ2) is 11.0. The van der Waals surface area contributed by atoms with Crippen LogP contribution in [0.1, 0.15) is 61.5 Å². The van der Waals surface area contributed by atoms with Crippen molar-refractivity contribution in [2.75, 3.05) is 6.54 Å². The van der Waals surface area contributed by atoms with Gasteiger partial charge in [0.25, 0.3) is 15.9 Å². The lowest BCUT2D eigenvalue weighted by molar-refractivity contribution is -0.141. The summed E-state index contributed by atoms with van der Waals surface area (Å²) in [7, 11) is -3.92. The van der Waals surface area contributed by atoms with Crippen LogP contribution in [0.5, 0.6) is 0 Å². The lowest BCUT2D eigenvalue weighted by atomic mass is 10.1. The Balaban J connectivity index is 1.71. The van der Waals surface area contributed by atoms with Gasteiger partial charge >= 0.3 is 0 Å². The minimum atomic E-state index is -3.92. The van der Waals surface area contributed by atoms with Gasteiger partial charge in [0.15, 0.2) is 0 Å². The molecule has 0 radical (unpaired) electrons. The number of sulfonamides is 1. The Hall–Kier alpha value is -3.20. The third-order valence-electron chi connectivity index (χ3n) is 6.27. The van der Waals surface area contributed by atoms with Crippen LogP contribution in [-0.2, 0) is 26.2 Å². The number of carbonyl (C=O) groups is 3. The maximum absolute atomic E-state index is 13.3. The monoisotopic (exact) mass is 499 g/mol.